The van der Waals surface area contributed by atoms with E-state index in [1.54, 1.807) is 6.92 Å². The number of nitrogens with zero attached hydrogens (tertiary/aromatic N) is 1. The van der Waals surface area contributed by atoms with E-state index >= 15 is 0 Å². The van der Waals surface area contributed by atoms with E-state index < -0.39 is 0 Å². The summed E-state index contributed by atoms with van der Waals surface area (Å²) >= 11 is 0. The van der Waals surface area contributed by atoms with Crippen LogP contribution in [0.1, 0.15) is 33.1 Å². The van der Waals surface area contributed by atoms with Crippen molar-refractivity contribution >= 4 is 5.91 Å². The lowest BCUT2D eigenvalue weighted by molar-refractivity contribution is -0.119. The summed E-state index contributed by atoms with van der Waals surface area (Å²) in [6, 6.07) is 0.411. The van der Waals surface area contributed by atoms with Crippen molar-refractivity contribution in [2.75, 3.05) is 19.6 Å². The Morgan fingerprint density at radius 2 is 2.23 bits per heavy atom. The van der Waals surface area contributed by atoms with Gasteiger partial charge in [-0.1, -0.05) is 6.92 Å². The lowest BCUT2D eigenvalue weighted by Gasteiger charge is -2.17. The second kappa shape index (κ2) is 5.22. The largest absolute Gasteiger partial charge is 0.354 e. The minimum absolute atomic E-state index is 0.106. The Hall–Kier alpha value is -0.570. The van der Waals surface area contributed by atoms with Crippen LogP contribution in [0.4, 0.5) is 0 Å². The van der Waals surface area contributed by atoms with E-state index in [-0.39, 0.29) is 5.91 Å². The zero-order valence-electron chi connectivity index (χ0n) is 8.68. The van der Waals surface area contributed by atoms with Gasteiger partial charge < -0.3 is 10.2 Å². The molecule has 0 bridgehead atoms. The summed E-state index contributed by atoms with van der Waals surface area (Å²) in [5.74, 6) is 0.106. The standard InChI is InChI=1S/C10H20N2O/c1-3-12-7-4-5-10(6-8-12)11-9(2)13/h10H,3-8H2,1-2H3,(H,11,13). The van der Waals surface area contributed by atoms with Crippen LogP contribution in [0.2, 0.25) is 0 Å². The smallest absolute Gasteiger partial charge is 0.217 e. The highest BCUT2D eigenvalue weighted by Gasteiger charge is 2.15. The summed E-state index contributed by atoms with van der Waals surface area (Å²) in [6.45, 7) is 7.24. The Balaban J connectivity index is 2.31. The molecule has 1 aliphatic rings. The zero-order valence-corrected chi connectivity index (χ0v) is 8.68. The molecule has 1 atom stereocenters. The van der Waals surface area contributed by atoms with E-state index in [2.05, 4.69) is 17.1 Å². The van der Waals surface area contributed by atoms with Crippen LogP contribution in [0.25, 0.3) is 0 Å². The van der Waals surface area contributed by atoms with Gasteiger partial charge in [-0.3, -0.25) is 4.79 Å². The maximum Gasteiger partial charge on any atom is 0.217 e. The van der Waals surface area contributed by atoms with Crippen molar-refractivity contribution in [3.8, 4) is 0 Å². The van der Waals surface area contributed by atoms with E-state index in [0.717, 1.165) is 25.9 Å². The van der Waals surface area contributed by atoms with Crippen LogP contribution in [0.3, 0.4) is 0 Å². The van der Waals surface area contributed by atoms with Crippen LogP contribution in [0, 0.1) is 0 Å². The molecule has 0 saturated carbocycles. The van der Waals surface area contributed by atoms with Gasteiger partial charge in [-0.15, -0.1) is 0 Å². The van der Waals surface area contributed by atoms with E-state index in [1.165, 1.54) is 13.0 Å². The number of amides is 1. The van der Waals surface area contributed by atoms with E-state index in [0.29, 0.717) is 6.04 Å². The number of nitrogens with one attached hydrogen (secondary N) is 1. The lowest BCUT2D eigenvalue weighted by atomic mass is 10.1. The van der Waals surface area contributed by atoms with Crippen LogP contribution in [0.5, 0.6) is 0 Å². The van der Waals surface area contributed by atoms with Crippen molar-refractivity contribution < 1.29 is 4.79 Å². The summed E-state index contributed by atoms with van der Waals surface area (Å²) < 4.78 is 0. The van der Waals surface area contributed by atoms with Crippen molar-refractivity contribution in [3.05, 3.63) is 0 Å². The maximum absolute atomic E-state index is 10.9. The Labute approximate surface area is 80.5 Å². The summed E-state index contributed by atoms with van der Waals surface area (Å²) in [4.78, 5) is 13.3. The van der Waals surface area contributed by atoms with Crippen molar-refractivity contribution in [1.29, 1.82) is 0 Å². The average Bonchev–Trinajstić information content (AvgIpc) is 2.29. The van der Waals surface area contributed by atoms with Gasteiger partial charge in [0.25, 0.3) is 0 Å². The molecule has 0 aromatic heterocycles. The molecule has 13 heavy (non-hydrogen) atoms. The van der Waals surface area contributed by atoms with Crippen LogP contribution in [-0.4, -0.2) is 36.5 Å². The Morgan fingerprint density at radius 1 is 1.46 bits per heavy atom. The summed E-state index contributed by atoms with van der Waals surface area (Å²) in [5.41, 5.74) is 0. The topological polar surface area (TPSA) is 32.3 Å². The highest BCUT2D eigenvalue weighted by Crippen LogP contribution is 2.10. The number of carbonyl (C=O) groups excluding carboxylic acids is 1. The molecule has 1 fully saturated rings. The number of carbonyl (C=O) groups is 1. The first-order valence-corrected chi connectivity index (χ1v) is 5.22. The number of hydrogen-bond donors (Lipinski definition) is 1. The predicted molar refractivity (Wildman–Crippen MR) is 53.6 cm³/mol. The second-order valence-corrected chi connectivity index (χ2v) is 3.76. The fraction of sp³-hybridized carbons (Fsp3) is 0.900. The van der Waals surface area contributed by atoms with Gasteiger partial charge in [0.05, 0.1) is 0 Å². The predicted octanol–water partition coefficient (Wildman–Crippen LogP) is 0.997. The molecule has 0 aromatic rings. The Kier molecular flexibility index (Phi) is 4.22. The van der Waals surface area contributed by atoms with Gasteiger partial charge in [0.2, 0.25) is 5.91 Å². The molecule has 1 N–H and O–H groups in total. The van der Waals surface area contributed by atoms with Crippen molar-refractivity contribution in [2.45, 2.75) is 39.2 Å². The van der Waals surface area contributed by atoms with Crippen molar-refractivity contribution in [2.24, 2.45) is 0 Å². The van der Waals surface area contributed by atoms with Gasteiger partial charge in [-0.25, -0.2) is 0 Å². The quantitative estimate of drug-likeness (QED) is 0.694. The van der Waals surface area contributed by atoms with Crippen LogP contribution in [0.15, 0.2) is 0 Å². The third-order valence-electron chi connectivity index (χ3n) is 2.68. The molecular formula is C10H20N2O. The molecule has 1 rings (SSSR count). The van der Waals surface area contributed by atoms with Crippen molar-refractivity contribution in [3.63, 3.8) is 0 Å². The van der Waals surface area contributed by atoms with Crippen LogP contribution in [-0.2, 0) is 4.79 Å². The fourth-order valence-electron chi connectivity index (χ4n) is 1.90. The maximum atomic E-state index is 10.9. The number of hydrogen-bond acceptors (Lipinski definition) is 2. The molecule has 76 valence electrons. The van der Waals surface area contributed by atoms with Gasteiger partial charge in [-0.05, 0) is 32.4 Å². The first-order valence-electron chi connectivity index (χ1n) is 5.22. The van der Waals surface area contributed by atoms with Crippen LogP contribution >= 0.6 is 0 Å². The molecule has 1 saturated heterocycles. The summed E-state index contributed by atoms with van der Waals surface area (Å²) in [5, 5.41) is 3.00. The van der Waals surface area contributed by atoms with E-state index in [9.17, 15) is 4.79 Å². The molecule has 1 amide bonds. The molecule has 0 spiro atoms. The molecule has 1 heterocycles. The third-order valence-corrected chi connectivity index (χ3v) is 2.68. The monoisotopic (exact) mass is 184 g/mol. The minimum Gasteiger partial charge on any atom is -0.354 e. The molecule has 3 nitrogen and oxygen atoms in total. The summed E-state index contributed by atoms with van der Waals surface area (Å²) in [6.07, 6.45) is 3.45. The highest BCUT2D eigenvalue weighted by molar-refractivity contribution is 5.73. The zero-order chi connectivity index (χ0) is 9.68. The molecule has 0 aliphatic carbocycles. The van der Waals surface area contributed by atoms with E-state index in [1.807, 2.05) is 0 Å². The van der Waals surface area contributed by atoms with Gasteiger partial charge in [0.1, 0.15) is 0 Å². The van der Waals surface area contributed by atoms with Crippen molar-refractivity contribution in [1.82, 2.24) is 10.2 Å². The third kappa shape index (κ3) is 3.77. The summed E-state index contributed by atoms with van der Waals surface area (Å²) in [7, 11) is 0. The average molecular weight is 184 g/mol. The second-order valence-electron chi connectivity index (χ2n) is 3.76. The lowest BCUT2D eigenvalue weighted by Crippen LogP contribution is -2.34. The molecule has 0 radical (unpaired) electrons. The van der Waals surface area contributed by atoms with Crippen LogP contribution < -0.4 is 5.32 Å². The molecule has 3 heteroatoms. The number of likely N-dealkylation sites (tertiary alicyclic amines) is 1. The highest BCUT2D eigenvalue weighted by atomic mass is 16.1. The molecule has 1 aliphatic heterocycles. The molecule has 1 unspecified atom stereocenters. The minimum atomic E-state index is 0.106. The SMILES string of the molecule is CCN1CCCC(NC(C)=O)CC1. The van der Waals surface area contributed by atoms with E-state index in [4.69, 9.17) is 0 Å². The molecular weight excluding hydrogens is 164 g/mol. The first kappa shape index (κ1) is 10.5. The Bertz CT molecular complexity index is 170. The molecule has 0 aromatic carbocycles. The fourth-order valence-corrected chi connectivity index (χ4v) is 1.90. The normalized spacial score (nSPS) is 25.2. The van der Waals surface area contributed by atoms with Gasteiger partial charge in [-0.2, -0.15) is 0 Å². The van der Waals surface area contributed by atoms with Gasteiger partial charge >= 0.3 is 0 Å². The Morgan fingerprint density at radius 3 is 2.85 bits per heavy atom. The van der Waals surface area contributed by atoms with Gasteiger partial charge in [0.15, 0.2) is 0 Å². The van der Waals surface area contributed by atoms with Gasteiger partial charge in [0, 0.05) is 19.5 Å². The first-order chi connectivity index (χ1) is 6.22. The number of rotatable bonds is 2.